The van der Waals surface area contributed by atoms with E-state index in [2.05, 4.69) is 10.3 Å². The average Bonchev–Trinajstić information content (AvgIpc) is 2.14. The molecule has 0 aliphatic rings. The Bertz CT molecular complexity index is 398. The van der Waals surface area contributed by atoms with Crippen LogP contribution in [0.15, 0.2) is 18.3 Å². The highest BCUT2D eigenvalue weighted by atomic mass is 32.2. The molecular weight excluding hydrogens is 212 g/mol. The molecule has 0 spiro atoms. The van der Waals surface area contributed by atoms with Crippen molar-refractivity contribution in [3.05, 3.63) is 29.6 Å². The van der Waals surface area contributed by atoms with Gasteiger partial charge in [0.25, 0.3) is 0 Å². The molecule has 0 unspecified atom stereocenters. The fourth-order valence-electron chi connectivity index (χ4n) is 1.09. The molecule has 0 aromatic carbocycles. The molecule has 0 atom stereocenters. The van der Waals surface area contributed by atoms with E-state index in [0.717, 1.165) is 11.3 Å². The summed E-state index contributed by atoms with van der Waals surface area (Å²) in [4.78, 5) is 4.15. The number of aryl methyl sites for hydroxylation is 1. The van der Waals surface area contributed by atoms with E-state index in [0.29, 0.717) is 13.1 Å². The zero-order valence-corrected chi connectivity index (χ0v) is 9.84. The highest BCUT2D eigenvalue weighted by Crippen LogP contribution is 1.98. The minimum atomic E-state index is -2.86. The molecule has 0 saturated carbocycles. The molecule has 1 aromatic rings. The van der Waals surface area contributed by atoms with Crippen molar-refractivity contribution in [3.8, 4) is 0 Å². The zero-order valence-electron chi connectivity index (χ0n) is 9.03. The van der Waals surface area contributed by atoms with E-state index >= 15 is 0 Å². The van der Waals surface area contributed by atoms with Gasteiger partial charge in [-0.25, -0.2) is 8.42 Å². The van der Waals surface area contributed by atoms with Crippen LogP contribution < -0.4 is 5.32 Å². The molecular formula is C10H16N2O2S. The molecule has 15 heavy (non-hydrogen) atoms. The Balaban J connectivity index is 2.29. The molecule has 0 aliphatic heterocycles. The standard InChI is InChI=1S/C10H16N2O2S/c1-9-3-4-10(8-12-9)7-11-5-6-15(2,13)14/h3-4,8,11H,5-7H2,1-2H3. The molecule has 1 heterocycles. The topological polar surface area (TPSA) is 59.1 Å². The maximum Gasteiger partial charge on any atom is 0.148 e. The minimum absolute atomic E-state index is 0.173. The summed E-state index contributed by atoms with van der Waals surface area (Å²) in [5.41, 5.74) is 2.05. The summed E-state index contributed by atoms with van der Waals surface area (Å²) < 4.78 is 21.7. The lowest BCUT2D eigenvalue weighted by atomic mass is 10.2. The highest BCUT2D eigenvalue weighted by molar-refractivity contribution is 7.90. The van der Waals surface area contributed by atoms with Gasteiger partial charge in [0.2, 0.25) is 0 Å². The maximum absolute atomic E-state index is 10.8. The van der Waals surface area contributed by atoms with Gasteiger partial charge in [0.1, 0.15) is 9.84 Å². The van der Waals surface area contributed by atoms with Crippen molar-refractivity contribution >= 4 is 9.84 Å². The summed E-state index contributed by atoms with van der Waals surface area (Å²) in [7, 11) is -2.86. The third-order valence-electron chi connectivity index (χ3n) is 1.95. The second-order valence-electron chi connectivity index (χ2n) is 3.61. The van der Waals surface area contributed by atoms with Crippen LogP contribution in [0.25, 0.3) is 0 Å². The normalized spacial score (nSPS) is 11.6. The van der Waals surface area contributed by atoms with Crippen molar-refractivity contribution in [3.63, 3.8) is 0 Å². The van der Waals surface area contributed by atoms with Gasteiger partial charge in [0.05, 0.1) is 5.75 Å². The Labute approximate surface area is 90.7 Å². The minimum Gasteiger partial charge on any atom is -0.312 e. The lowest BCUT2D eigenvalue weighted by Crippen LogP contribution is -2.21. The quantitative estimate of drug-likeness (QED) is 0.747. The lowest BCUT2D eigenvalue weighted by molar-refractivity contribution is 0.596. The van der Waals surface area contributed by atoms with Crippen molar-refractivity contribution in [1.29, 1.82) is 0 Å². The maximum atomic E-state index is 10.8. The van der Waals surface area contributed by atoms with Crippen LogP contribution in [-0.4, -0.2) is 32.0 Å². The molecule has 1 N–H and O–H groups in total. The molecule has 0 fully saturated rings. The summed E-state index contributed by atoms with van der Waals surface area (Å²) in [6, 6.07) is 3.92. The van der Waals surface area contributed by atoms with Gasteiger partial charge in [-0.15, -0.1) is 0 Å². The zero-order chi connectivity index (χ0) is 11.3. The summed E-state index contributed by atoms with van der Waals surface area (Å²) in [6.07, 6.45) is 3.03. The average molecular weight is 228 g/mol. The number of pyridine rings is 1. The number of rotatable bonds is 5. The van der Waals surface area contributed by atoms with E-state index < -0.39 is 9.84 Å². The van der Waals surface area contributed by atoms with E-state index in [-0.39, 0.29) is 5.75 Å². The third-order valence-corrected chi connectivity index (χ3v) is 2.90. The van der Waals surface area contributed by atoms with Crippen LogP contribution in [0, 0.1) is 6.92 Å². The number of hydrogen-bond donors (Lipinski definition) is 1. The molecule has 0 aliphatic carbocycles. The molecule has 0 saturated heterocycles. The van der Waals surface area contributed by atoms with Crippen molar-refractivity contribution in [2.45, 2.75) is 13.5 Å². The van der Waals surface area contributed by atoms with E-state index in [1.165, 1.54) is 6.26 Å². The Kier molecular flexibility index (Phi) is 4.23. The predicted molar refractivity (Wildman–Crippen MR) is 60.4 cm³/mol. The Morgan fingerprint density at radius 1 is 1.40 bits per heavy atom. The molecule has 0 radical (unpaired) electrons. The van der Waals surface area contributed by atoms with Crippen LogP contribution >= 0.6 is 0 Å². The first kappa shape index (κ1) is 12.1. The molecule has 5 heteroatoms. The fourth-order valence-corrected chi connectivity index (χ4v) is 1.61. The fraction of sp³-hybridized carbons (Fsp3) is 0.500. The van der Waals surface area contributed by atoms with Crippen LogP contribution in [0.3, 0.4) is 0 Å². The summed E-state index contributed by atoms with van der Waals surface area (Å²) in [5.74, 6) is 0.173. The van der Waals surface area contributed by atoms with Gasteiger partial charge in [-0.3, -0.25) is 4.98 Å². The number of nitrogens with one attached hydrogen (secondary N) is 1. The van der Waals surface area contributed by atoms with Crippen LogP contribution in [0.1, 0.15) is 11.3 Å². The first-order valence-corrected chi connectivity index (χ1v) is 6.83. The molecule has 1 rings (SSSR count). The van der Waals surface area contributed by atoms with Gasteiger partial charge in [-0.1, -0.05) is 6.07 Å². The van der Waals surface area contributed by atoms with Crippen molar-refractivity contribution in [2.75, 3.05) is 18.6 Å². The van der Waals surface area contributed by atoms with Crippen LogP contribution in [-0.2, 0) is 16.4 Å². The summed E-state index contributed by atoms with van der Waals surface area (Å²) >= 11 is 0. The van der Waals surface area contributed by atoms with Gasteiger partial charge < -0.3 is 5.32 Å². The number of nitrogens with zero attached hydrogens (tertiary/aromatic N) is 1. The van der Waals surface area contributed by atoms with Crippen LogP contribution in [0.2, 0.25) is 0 Å². The predicted octanol–water partition coefficient (Wildman–Crippen LogP) is 0.524. The second kappa shape index (κ2) is 5.23. The number of aromatic nitrogens is 1. The lowest BCUT2D eigenvalue weighted by Gasteiger charge is -2.03. The Morgan fingerprint density at radius 2 is 2.13 bits per heavy atom. The summed E-state index contributed by atoms with van der Waals surface area (Å²) in [6.45, 7) is 3.07. The Morgan fingerprint density at radius 3 is 2.67 bits per heavy atom. The second-order valence-corrected chi connectivity index (χ2v) is 5.87. The number of sulfone groups is 1. The van der Waals surface area contributed by atoms with Crippen molar-refractivity contribution < 1.29 is 8.42 Å². The number of hydrogen-bond acceptors (Lipinski definition) is 4. The highest BCUT2D eigenvalue weighted by Gasteiger charge is 2.00. The van der Waals surface area contributed by atoms with E-state index in [9.17, 15) is 8.42 Å². The van der Waals surface area contributed by atoms with Gasteiger partial charge in [-0.05, 0) is 18.6 Å². The van der Waals surface area contributed by atoms with Crippen LogP contribution in [0.4, 0.5) is 0 Å². The monoisotopic (exact) mass is 228 g/mol. The third kappa shape index (κ3) is 5.49. The first-order chi connectivity index (χ1) is 6.97. The molecule has 4 nitrogen and oxygen atoms in total. The Hall–Kier alpha value is -0.940. The van der Waals surface area contributed by atoms with E-state index in [1.807, 2.05) is 19.1 Å². The largest absolute Gasteiger partial charge is 0.312 e. The van der Waals surface area contributed by atoms with E-state index in [1.54, 1.807) is 6.20 Å². The van der Waals surface area contributed by atoms with Gasteiger partial charge in [0, 0.05) is 31.2 Å². The molecule has 84 valence electrons. The van der Waals surface area contributed by atoms with E-state index in [4.69, 9.17) is 0 Å². The van der Waals surface area contributed by atoms with Crippen molar-refractivity contribution in [1.82, 2.24) is 10.3 Å². The van der Waals surface area contributed by atoms with Gasteiger partial charge >= 0.3 is 0 Å². The molecule has 0 bridgehead atoms. The van der Waals surface area contributed by atoms with Crippen LogP contribution in [0.5, 0.6) is 0 Å². The summed E-state index contributed by atoms with van der Waals surface area (Å²) in [5, 5.41) is 3.06. The van der Waals surface area contributed by atoms with Gasteiger partial charge in [-0.2, -0.15) is 0 Å². The smallest absolute Gasteiger partial charge is 0.148 e. The SMILES string of the molecule is Cc1ccc(CNCCS(C)(=O)=O)cn1. The van der Waals surface area contributed by atoms with Crippen molar-refractivity contribution in [2.24, 2.45) is 0 Å². The van der Waals surface area contributed by atoms with Gasteiger partial charge in [0.15, 0.2) is 0 Å². The first-order valence-electron chi connectivity index (χ1n) is 4.77. The molecule has 0 amide bonds. The molecule has 1 aromatic heterocycles.